The minimum Gasteiger partial charge on any atom is -0.484 e. The molecule has 2 aromatic rings. The third-order valence-corrected chi connectivity index (χ3v) is 3.03. The Hall–Kier alpha value is -3.03. The topological polar surface area (TPSA) is 67.4 Å². The Bertz CT molecular complexity index is 733. The van der Waals surface area contributed by atoms with Crippen molar-refractivity contribution in [1.82, 2.24) is 5.32 Å². The molecule has 0 spiro atoms. The molecule has 0 aliphatic carbocycles. The first-order valence-electron chi connectivity index (χ1n) is 7.26. The number of alkyl halides is 3. The van der Waals surface area contributed by atoms with Gasteiger partial charge in [0.05, 0.1) is 0 Å². The molecule has 0 radical (unpaired) electrons. The second-order valence-corrected chi connectivity index (χ2v) is 5.03. The van der Waals surface area contributed by atoms with Gasteiger partial charge in [0.2, 0.25) is 0 Å². The Morgan fingerprint density at radius 2 is 1.72 bits per heavy atom. The molecule has 0 aliphatic heterocycles. The molecule has 0 unspecified atom stereocenters. The molecule has 5 nitrogen and oxygen atoms in total. The summed E-state index contributed by atoms with van der Waals surface area (Å²) in [7, 11) is 0. The third-order valence-electron chi connectivity index (χ3n) is 3.03. The number of benzene rings is 2. The van der Waals surface area contributed by atoms with Crippen molar-refractivity contribution in [2.45, 2.75) is 12.7 Å². The molecule has 0 aliphatic rings. The van der Waals surface area contributed by atoms with Gasteiger partial charge in [-0.3, -0.25) is 9.59 Å². The van der Waals surface area contributed by atoms with Crippen LogP contribution in [-0.4, -0.2) is 24.6 Å². The van der Waals surface area contributed by atoms with Crippen LogP contribution in [-0.2, 0) is 16.1 Å². The van der Waals surface area contributed by atoms with Gasteiger partial charge < -0.3 is 15.4 Å². The second kappa shape index (κ2) is 8.18. The van der Waals surface area contributed by atoms with Gasteiger partial charge in [-0.25, -0.2) is 0 Å². The average Bonchev–Trinajstić information content (AvgIpc) is 2.58. The van der Waals surface area contributed by atoms with Crippen LogP contribution in [0.3, 0.4) is 0 Å². The average molecular weight is 352 g/mol. The highest BCUT2D eigenvalue weighted by atomic mass is 19.4. The largest absolute Gasteiger partial charge is 0.484 e. The van der Waals surface area contributed by atoms with Crippen molar-refractivity contribution in [1.29, 1.82) is 0 Å². The van der Waals surface area contributed by atoms with E-state index in [4.69, 9.17) is 4.74 Å². The lowest BCUT2D eigenvalue weighted by Crippen LogP contribution is -2.36. The highest BCUT2D eigenvalue weighted by Gasteiger charge is 2.38. The Balaban J connectivity index is 1.86. The molecule has 0 aromatic heterocycles. The summed E-state index contributed by atoms with van der Waals surface area (Å²) in [5.41, 5.74) is 0.805. The Labute approximate surface area is 141 Å². The standard InChI is InChI=1S/C17H15F3N2O3/c18-17(19,20)16(24)21-10-12-5-4-6-13(9-12)22-15(23)11-25-14-7-2-1-3-8-14/h1-9H,10-11H2,(H,21,24)(H,22,23). The van der Waals surface area contributed by atoms with Crippen molar-refractivity contribution in [3.8, 4) is 5.75 Å². The van der Waals surface area contributed by atoms with Crippen LogP contribution in [0.1, 0.15) is 5.56 Å². The fraction of sp³-hybridized carbons (Fsp3) is 0.176. The number of amides is 2. The van der Waals surface area contributed by atoms with Crippen LogP contribution in [0.15, 0.2) is 54.6 Å². The molecular weight excluding hydrogens is 337 g/mol. The van der Waals surface area contributed by atoms with E-state index in [0.717, 1.165) is 0 Å². The zero-order chi connectivity index (χ0) is 18.3. The van der Waals surface area contributed by atoms with Crippen molar-refractivity contribution in [3.05, 3.63) is 60.2 Å². The number of hydrogen-bond donors (Lipinski definition) is 2. The van der Waals surface area contributed by atoms with Gasteiger partial charge in [0, 0.05) is 12.2 Å². The molecule has 0 bridgehead atoms. The summed E-state index contributed by atoms with van der Waals surface area (Å²) >= 11 is 0. The van der Waals surface area contributed by atoms with Gasteiger partial charge in [0.25, 0.3) is 5.91 Å². The summed E-state index contributed by atoms with van der Waals surface area (Å²) in [6, 6.07) is 14.9. The predicted octanol–water partition coefficient (Wildman–Crippen LogP) is 2.88. The first-order valence-corrected chi connectivity index (χ1v) is 7.26. The van der Waals surface area contributed by atoms with Crippen LogP contribution < -0.4 is 15.4 Å². The molecule has 2 rings (SSSR count). The maximum Gasteiger partial charge on any atom is 0.471 e. The molecule has 2 N–H and O–H groups in total. The molecule has 0 fully saturated rings. The molecule has 2 amide bonds. The summed E-state index contributed by atoms with van der Waals surface area (Å²) in [5, 5.41) is 4.34. The zero-order valence-electron chi connectivity index (χ0n) is 13.0. The SMILES string of the molecule is O=C(COc1ccccc1)Nc1cccc(CNC(=O)C(F)(F)F)c1. The lowest BCUT2D eigenvalue weighted by atomic mass is 10.2. The second-order valence-electron chi connectivity index (χ2n) is 5.03. The molecule has 0 saturated carbocycles. The Morgan fingerprint density at radius 1 is 1.00 bits per heavy atom. The van der Waals surface area contributed by atoms with E-state index in [1.165, 1.54) is 12.1 Å². The third kappa shape index (κ3) is 6.17. The van der Waals surface area contributed by atoms with Crippen LogP contribution in [0.25, 0.3) is 0 Å². The van der Waals surface area contributed by atoms with Crippen molar-refractivity contribution in [3.63, 3.8) is 0 Å². The van der Waals surface area contributed by atoms with Crippen molar-refractivity contribution in [2.75, 3.05) is 11.9 Å². The van der Waals surface area contributed by atoms with Crippen LogP contribution in [0, 0.1) is 0 Å². The van der Waals surface area contributed by atoms with Gasteiger partial charge in [-0.2, -0.15) is 13.2 Å². The molecule has 2 aromatic carbocycles. The van der Waals surface area contributed by atoms with E-state index in [-0.39, 0.29) is 13.2 Å². The predicted molar refractivity (Wildman–Crippen MR) is 84.9 cm³/mol. The quantitative estimate of drug-likeness (QED) is 0.840. The fourth-order valence-electron chi connectivity index (χ4n) is 1.90. The number of rotatable bonds is 6. The summed E-state index contributed by atoms with van der Waals surface area (Å²) < 4.78 is 41.7. The van der Waals surface area contributed by atoms with Gasteiger partial charge in [-0.05, 0) is 29.8 Å². The number of hydrogen-bond acceptors (Lipinski definition) is 3. The molecule has 0 heterocycles. The van der Waals surface area contributed by atoms with E-state index in [0.29, 0.717) is 17.0 Å². The molecule has 132 valence electrons. The van der Waals surface area contributed by atoms with E-state index in [2.05, 4.69) is 5.32 Å². The van der Waals surface area contributed by atoms with E-state index < -0.39 is 18.0 Å². The lowest BCUT2D eigenvalue weighted by molar-refractivity contribution is -0.173. The first kappa shape index (κ1) is 18.3. The monoisotopic (exact) mass is 352 g/mol. The maximum atomic E-state index is 12.1. The summed E-state index contributed by atoms with van der Waals surface area (Å²) in [6.45, 7) is -0.512. The molecular formula is C17H15F3N2O3. The van der Waals surface area contributed by atoms with Crippen LogP contribution in [0.2, 0.25) is 0 Å². The highest BCUT2D eigenvalue weighted by Crippen LogP contribution is 2.15. The van der Waals surface area contributed by atoms with Gasteiger partial charge in [-0.1, -0.05) is 30.3 Å². The van der Waals surface area contributed by atoms with Crippen LogP contribution in [0.4, 0.5) is 18.9 Å². The smallest absolute Gasteiger partial charge is 0.471 e. The van der Waals surface area contributed by atoms with Crippen molar-refractivity contribution < 1.29 is 27.5 Å². The summed E-state index contributed by atoms with van der Waals surface area (Å²) in [4.78, 5) is 22.6. The molecule has 0 atom stereocenters. The fourth-order valence-corrected chi connectivity index (χ4v) is 1.90. The number of carbonyl (C=O) groups is 2. The minimum atomic E-state index is -4.93. The molecule has 8 heteroatoms. The van der Waals surface area contributed by atoms with Gasteiger partial charge in [-0.15, -0.1) is 0 Å². The lowest BCUT2D eigenvalue weighted by Gasteiger charge is -2.10. The number of para-hydroxylation sites is 1. The van der Waals surface area contributed by atoms with Crippen LogP contribution >= 0.6 is 0 Å². The van der Waals surface area contributed by atoms with Gasteiger partial charge in [0.15, 0.2) is 6.61 Å². The number of nitrogens with one attached hydrogen (secondary N) is 2. The Kier molecular flexibility index (Phi) is 5.99. The van der Waals surface area contributed by atoms with Crippen LogP contribution in [0.5, 0.6) is 5.75 Å². The number of anilines is 1. The summed E-state index contributed by atoms with van der Waals surface area (Å²) in [5.74, 6) is -1.89. The van der Waals surface area contributed by atoms with Gasteiger partial charge in [0.1, 0.15) is 5.75 Å². The minimum absolute atomic E-state index is 0.209. The van der Waals surface area contributed by atoms with Crippen molar-refractivity contribution in [2.24, 2.45) is 0 Å². The normalized spacial score (nSPS) is 10.8. The number of carbonyl (C=O) groups excluding carboxylic acids is 2. The highest BCUT2D eigenvalue weighted by molar-refractivity contribution is 5.92. The zero-order valence-corrected chi connectivity index (χ0v) is 13.0. The van der Waals surface area contributed by atoms with E-state index in [1.807, 2.05) is 6.07 Å². The van der Waals surface area contributed by atoms with Crippen molar-refractivity contribution >= 4 is 17.5 Å². The number of halogens is 3. The van der Waals surface area contributed by atoms with E-state index in [9.17, 15) is 22.8 Å². The van der Waals surface area contributed by atoms with E-state index in [1.54, 1.807) is 41.7 Å². The number of ether oxygens (including phenoxy) is 1. The Morgan fingerprint density at radius 3 is 2.40 bits per heavy atom. The first-order chi connectivity index (χ1) is 11.8. The molecule has 0 saturated heterocycles. The maximum absolute atomic E-state index is 12.1. The summed E-state index contributed by atoms with van der Waals surface area (Å²) in [6.07, 6.45) is -4.93. The van der Waals surface area contributed by atoms with E-state index >= 15 is 0 Å². The van der Waals surface area contributed by atoms with Gasteiger partial charge >= 0.3 is 12.1 Å². The molecule has 25 heavy (non-hydrogen) atoms.